The van der Waals surface area contributed by atoms with Gasteiger partial charge in [0.1, 0.15) is 10.4 Å². The van der Waals surface area contributed by atoms with Crippen molar-refractivity contribution in [1.29, 1.82) is 0 Å². The number of carboxylic acids is 1. The fourth-order valence-corrected chi connectivity index (χ4v) is 3.98. The summed E-state index contributed by atoms with van der Waals surface area (Å²) in [6.45, 7) is -0.0390. The number of hydrogen-bond donors (Lipinski definition) is 3. The maximum Gasteiger partial charge on any atom is 0.326 e. The predicted octanol–water partition coefficient (Wildman–Crippen LogP) is 0.740. The van der Waals surface area contributed by atoms with Crippen LogP contribution >= 0.6 is 24.0 Å². The van der Waals surface area contributed by atoms with Crippen LogP contribution in [0.5, 0.6) is 11.5 Å². The van der Waals surface area contributed by atoms with E-state index in [0.29, 0.717) is 22.0 Å². The molecule has 1 aliphatic heterocycles. The van der Waals surface area contributed by atoms with Gasteiger partial charge in [0, 0.05) is 13.0 Å². The summed E-state index contributed by atoms with van der Waals surface area (Å²) in [7, 11) is 3.02. The molecule has 10 nitrogen and oxygen atoms in total. The Morgan fingerprint density at radius 1 is 1.29 bits per heavy atom. The quantitative estimate of drug-likeness (QED) is 0.335. The molecule has 1 saturated heterocycles. The fraction of sp³-hybridized carbons (Fsp3) is 0.316. The van der Waals surface area contributed by atoms with Crippen LogP contribution in [-0.2, 0) is 19.2 Å². The normalized spacial score (nSPS) is 15.7. The van der Waals surface area contributed by atoms with Crippen molar-refractivity contribution in [1.82, 2.24) is 10.2 Å². The highest BCUT2D eigenvalue weighted by molar-refractivity contribution is 8.26. The number of primary amides is 1. The van der Waals surface area contributed by atoms with Gasteiger partial charge in [0.25, 0.3) is 5.91 Å². The van der Waals surface area contributed by atoms with Gasteiger partial charge in [-0.3, -0.25) is 19.3 Å². The van der Waals surface area contributed by atoms with E-state index >= 15 is 0 Å². The molecule has 0 aromatic heterocycles. The van der Waals surface area contributed by atoms with Crippen molar-refractivity contribution in [2.75, 3.05) is 20.8 Å². The number of amides is 3. The number of hydrogen-bond acceptors (Lipinski definition) is 8. The molecule has 0 spiro atoms. The molecule has 2 rings (SSSR count). The zero-order valence-corrected chi connectivity index (χ0v) is 18.4. The smallest absolute Gasteiger partial charge is 0.326 e. The Balaban J connectivity index is 2.03. The molecule has 3 amide bonds. The Kier molecular flexibility index (Phi) is 8.39. The second kappa shape index (κ2) is 10.8. The molecule has 1 fully saturated rings. The van der Waals surface area contributed by atoms with Crippen LogP contribution in [0.3, 0.4) is 0 Å². The van der Waals surface area contributed by atoms with Gasteiger partial charge in [-0.05, 0) is 23.8 Å². The van der Waals surface area contributed by atoms with Gasteiger partial charge < -0.3 is 25.6 Å². The molecule has 31 heavy (non-hydrogen) atoms. The molecule has 1 aliphatic rings. The number of thiocarbonyl (C=S) groups is 1. The van der Waals surface area contributed by atoms with E-state index in [0.717, 1.165) is 11.8 Å². The lowest BCUT2D eigenvalue weighted by molar-refractivity contribution is -0.143. The van der Waals surface area contributed by atoms with Crippen LogP contribution in [0.2, 0.25) is 0 Å². The molecule has 4 N–H and O–H groups in total. The average molecular weight is 468 g/mol. The predicted molar refractivity (Wildman–Crippen MR) is 117 cm³/mol. The molecule has 1 aromatic rings. The number of carboxylic acid groups (broad SMARTS) is 1. The Morgan fingerprint density at radius 3 is 2.55 bits per heavy atom. The van der Waals surface area contributed by atoms with Crippen molar-refractivity contribution in [3.05, 3.63) is 28.7 Å². The summed E-state index contributed by atoms with van der Waals surface area (Å²) in [4.78, 5) is 48.4. The second-order valence-corrected chi connectivity index (χ2v) is 8.00. The number of carbonyl (C=O) groups excluding carboxylic acids is 3. The minimum Gasteiger partial charge on any atom is -0.493 e. The Labute approximate surface area is 187 Å². The summed E-state index contributed by atoms with van der Waals surface area (Å²) in [5.74, 6) is -2.20. The molecule has 1 unspecified atom stereocenters. The highest BCUT2D eigenvalue weighted by Gasteiger charge is 2.32. The van der Waals surface area contributed by atoms with Gasteiger partial charge in [0.15, 0.2) is 11.5 Å². The Bertz CT molecular complexity index is 948. The molecular weight excluding hydrogens is 446 g/mol. The zero-order valence-electron chi connectivity index (χ0n) is 16.7. The largest absolute Gasteiger partial charge is 0.493 e. The van der Waals surface area contributed by atoms with Crippen molar-refractivity contribution in [3.8, 4) is 11.5 Å². The van der Waals surface area contributed by atoms with Crippen LogP contribution in [0.25, 0.3) is 6.08 Å². The maximum atomic E-state index is 12.7. The van der Waals surface area contributed by atoms with Crippen LogP contribution in [0, 0.1) is 0 Å². The molecule has 1 atom stereocenters. The van der Waals surface area contributed by atoms with E-state index < -0.39 is 30.2 Å². The Hall–Kier alpha value is -3.12. The van der Waals surface area contributed by atoms with Gasteiger partial charge >= 0.3 is 5.97 Å². The number of nitrogens with one attached hydrogen (secondary N) is 1. The minimum atomic E-state index is -1.43. The first-order valence-electron chi connectivity index (χ1n) is 8.94. The second-order valence-electron chi connectivity index (χ2n) is 6.33. The molecule has 12 heteroatoms. The summed E-state index contributed by atoms with van der Waals surface area (Å²) in [5, 5.41) is 11.3. The van der Waals surface area contributed by atoms with Gasteiger partial charge in [0.2, 0.25) is 11.8 Å². The number of rotatable bonds is 10. The number of nitrogens with zero attached hydrogens (tertiary/aromatic N) is 1. The highest BCUT2D eigenvalue weighted by atomic mass is 32.2. The van der Waals surface area contributed by atoms with Gasteiger partial charge in [0.05, 0.1) is 25.5 Å². The molecule has 0 radical (unpaired) electrons. The van der Waals surface area contributed by atoms with Crippen molar-refractivity contribution in [2.24, 2.45) is 5.73 Å². The van der Waals surface area contributed by atoms with Gasteiger partial charge in [-0.25, -0.2) is 4.79 Å². The third-order valence-corrected chi connectivity index (χ3v) is 5.56. The third-order valence-electron chi connectivity index (χ3n) is 4.18. The van der Waals surface area contributed by atoms with Crippen LogP contribution in [0.4, 0.5) is 0 Å². The SMILES string of the molecule is COc1ccc(/C=C2/SC(=S)N(CCC(=O)NC(CC(N)=O)C(=O)O)C2=O)cc1OC. The topological polar surface area (TPSA) is 148 Å². The van der Waals surface area contributed by atoms with E-state index in [2.05, 4.69) is 5.32 Å². The van der Waals surface area contributed by atoms with Crippen LogP contribution in [-0.4, -0.2) is 64.8 Å². The lowest BCUT2D eigenvalue weighted by atomic mass is 10.2. The monoisotopic (exact) mass is 467 g/mol. The Morgan fingerprint density at radius 2 is 1.97 bits per heavy atom. The van der Waals surface area contributed by atoms with Crippen molar-refractivity contribution in [3.63, 3.8) is 0 Å². The van der Waals surface area contributed by atoms with Gasteiger partial charge in [-0.2, -0.15) is 0 Å². The van der Waals surface area contributed by atoms with Crippen LogP contribution < -0.4 is 20.5 Å². The summed E-state index contributed by atoms with van der Waals surface area (Å²) in [6.07, 6.45) is 0.920. The van der Waals surface area contributed by atoms with E-state index in [1.54, 1.807) is 24.3 Å². The zero-order chi connectivity index (χ0) is 23.1. The maximum absolute atomic E-state index is 12.7. The number of methoxy groups -OCH3 is 2. The van der Waals surface area contributed by atoms with Crippen molar-refractivity contribution in [2.45, 2.75) is 18.9 Å². The summed E-state index contributed by atoms with van der Waals surface area (Å²) in [5.41, 5.74) is 5.68. The molecule has 0 bridgehead atoms. The lowest BCUT2D eigenvalue weighted by Crippen LogP contribution is -2.44. The average Bonchev–Trinajstić information content (AvgIpc) is 2.97. The summed E-state index contributed by atoms with van der Waals surface area (Å²) >= 11 is 6.32. The number of thioether (sulfide) groups is 1. The fourth-order valence-electron chi connectivity index (χ4n) is 2.67. The van der Waals surface area contributed by atoms with E-state index in [-0.39, 0.29) is 23.2 Å². The molecule has 0 saturated carbocycles. The number of aliphatic carboxylic acids is 1. The van der Waals surface area contributed by atoms with E-state index in [1.165, 1.54) is 19.1 Å². The number of ether oxygens (including phenoxy) is 2. The minimum absolute atomic E-state index is 0.0390. The number of nitrogens with two attached hydrogens (primary N) is 1. The van der Waals surface area contributed by atoms with Crippen molar-refractivity contribution >= 4 is 58.1 Å². The summed E-state index contributed by atoms with van der Waals surface area (Å²) in [6, 6.07) is 3.75. The van der Waals surface area contributed by atoms with Gasteiger partial charge in [-0.15, -0.1) is 0 Å². The molecule has 166 valence electrons. The van der Waals surface area contributed by atoms with Crippen LogP contribution in [0.15, 0.2) is 23.1 Å². The molecule has 1 aromatic carbocycles. The first kappa shape index (κ1) is 24.2. The molecule has 0 aliphatic carbocycles. The van der Waals surface area contributed by atoms with E-state index in [1.807, 2.05) is 0 Å². The molecular formula is C19H21N3O7S2. The number of carbonyl (C=O) groups is 4. The van der Waals surface area contributed by atoms with E-state index in [9.17, 15) is 19.2 Å². The third kappa shape index (κ3) is 6.43. The van der Waals surface area contributed by atoms with E-state index in [4.69, 9.17) is 32.5 Å². The lowest BCUT2D eigenvalue weighted by Gasteiger charge is -2.16. The van der Waals surface area contributed by atoms with Crippen LogP contribution in [0.1, 0.15) is 18.4 Å². The molecule has 1 heterocycles. The summed E-state index contributed by atoms with van der Waals surface area (Å²) < 4.78 is 10.7. The van der Waals surface area contributed by atoms with Gasteiger partial charge in [-0.1, -0.05) is 30.0 Å². The first-order chi connectivity index (χ1) is 14.7. The first-order valence-corrected chi connectivity index (χ1v) is 10.2. The van der Waals surface area contributed by atoms with Crippen molar-refractivity contribution < 1.29 is 33.8 Å². The standard InChI is InChI=1S/C19H21N3O7S2/c1-28-12-4-3-10(7-13(12)29-2)8-14-17(25)22(19(30)31-14)6-5-16(24)21-11(18(26)27)9-15(20)23/h3-4,7-8,11H,5-6,9H2,1-2H3,(H2,20,23)(H,21,24)(H,26,27)/b14-8+. The number of benzene rings is 1. The highest BCUT2D eigenvalue weighted by Crippen LogP contribution is 2.34.